The second kappa shape index (κ2) is 7.42. The van der Waals surface area contributed by atoms with Gasteiger partial charge in [-0.3, -0.25) is 9.48 Å². The molecular formula is C19H30N4O4S. The molecule has 0 unspecified atom stereocenters. The molecular weight excluding hydrogens is 380 g/mol. The van der Waals surface area contributed by atoms with Gasteiger partial charge < -0.3 is 10.1 Å². The molecule has 2 aliphatic carbocycles. The third-order valence-electron chi connectivity index (χ3n) is 6.75. The lowest BCUT2D eigenvalue weighted by atomic mass is 9.76. The van der Waals surface area contributed by atoms with Gasteiger partial charge in [0.05, 0.1) is 17.8 Å². The molecule has 3 fully saturated rings. The molecule has 1 aliphatic heterocycles. The summed E-state index contributed by atoms with van der Waals surface area (Å²) in [6.07, 6.45) is 4.54. The maximum Gasteiger partial charge on any atom is 0.260 e. The van der Waals surface area contributed by atoms with Crippen molar-refractivity contribution in [1.82, 2.24) is 19.4 Å². The van der Waals surface area contributed by atoms with E-state index in [9.17, 15) is 13.2 Å². The smallest absolute Gasteiger partial charge is 0.260 e. The molecule has 0 spiro atoms. The number of rotatable bonds is 5. The first-order chi connectivity index (χ1) is 13.3. The Morgan fingerprint density at radius 1 is 1.25 bits per heavy atom. The third kappa shape index (κ3) is 3.48. The summed E-state index contributed by atoms with van der Waals surface area (Å²) < 4.78 is 34.9. The van der Waals surface area contributed by atoms with Gasteiger partial charge in [-0.1, -0.05) is 6.42 Å². The summed E-state index contributed by atoms with van der Waals surface area (Å²) in [6, 6.07) is 1.58. The maximum atomic E-state index is 13.1. The van der Waals surface area contributed by atoms with Crippen LogP contribution in [-0.2, 0) is 26.6 Å². The van der Waals surface area contributed by atoms with Crippen LogP contribution in [0, 0.1) is 24.7 Å². The van der Waals surface area contributed by atoms with E-state index in [4.69, 9.17) is 4.74 Å². The molecule has 8 nitrogen and oxygen atoms in total. The number of carbonyl (C=O) groups is 1. The van der Waals surface area contributed by atoms with Crippen LogP contribution in [0.1, 0.15) is 37.8 Å². The van der Waals surface area contributed by atoms with Gasteiger partial charge >= 0.3 is 0 Å². The molecule has 1 aromatic heterocycles. The van der Waals surface area contributed by atoms with Gasteiger partial charge in [-0.05, 0) is 50.5 Å². The zero-order chi connectivity index (χ0) is 20.1. The van der Waals surface area contributed by atoms with E-state index in [0.29, 0.717) is 18.8 Å². The van der Waals surface area contributed by atoms with Crippen molar-refractivity contribution in [2.45, 2.75) is 56.2 Å². The predicted octanol–water partition coefficient (Wildman–Crippen LogP) is 1.06. The lowest BCUT2D eigenvalue weighted by Gasteiger charge is -2.38. The van der Waals surface area contributed by atoms with Crippen LogP contribution in [0.3, 0.4) is 0 Å². The van der Waals surface area contributed by atoms with Crippen molar-refractivity contribution >= 4 is 15.9 Å². The first-order valence-electron chi connectivity index (χ1n) is 10.1. The summed E-state index contributed by atoms with van der Waals surface area (Å²) in [7, 11) is -0.236. The molecule has 1 saturated heterocycles. The number of hydrogen-bond acceptors (Lipinski definition) is 5. The van der Waals surface area contributed by atoms with Crippen LogP contribution in [0.4, 0.5) is 0 Å². The average molecular weight is 411 g/mol. The van der Waals surface area contributed by atoms with Crippen LogP contribution >= 0.6 is 0 Å². The SMILES string of the molecule is CO[C@H]1C[C@@H]2CN(S(=O)(=O)c3cc(C)nn3C)C[C@@H]2C[C@@H]1NC(=O)C1CCC1. The highest BCUT2D eigenvalue weighted by Crippen LogP contribution is 2.40. The third-order valence-corrected chi connectivity index (χ3v) is 8.64. The molecule has 1 N–H and O–H groups in total. The number of fused-ring (bicyclic) bond motifs is 1. The maximum absolute atomic E-state index is 13.1. The largest absolute Gasteiger partial charge is 0.379 e. The van der Waals surface area contributed by atoms with Gasteiger partial charge in [-0.25, -0.2) is 8.42 Å². The van der Waals surface area contributed by atoms with E-state index in [1.165, 1.54) is 4.68 Å². The monoisotopic (exact) mass is 410 g/mol. The van der Waals surface area contributed by atoms with Crippen molar-refractivity contribution in [3.8, 4) is 0 Å². The molecule has 2 heterocycles. The molecule has 156 valence electrons. The van der Waals surface area contributed by atoms with E-state index in [2.05, 4.69) is 10.4 Å². The Morgan fingerprint density at radius 2 is 1.93 bits per heavy atom. The summed E-state index contributed by atoms with van der Waals surface area (Å²) in [6.45, 7) is 2.78. The number of nitrogens with one attached hydrogen (secondary N) is 1. The van der Waals surface area contributed by atoms with E-state index >= 15 is 0 Å². The summed E-state index contributed by atoms with van der Waals surface area (Å²) in [4.78, 5) is 12.4. The van der Waals surface area contributed by atoms with Crippen molar-refractivity contribution in [1.29, 1.82) is 0 Å². The number of ether oxygens (including phenoxy) is 1. The van der Waals surface area contributed by atoms with Gasteiger partial charge in [0, 0.05) is 33.2 Å². The van der Waals surface area contributed by atoms with Crippen LogP contribution in [0.15, 0.2) is 11.1 Å². The predicted molar refractivity (Wildman–Crippen MR) is 103 cm³/mol. The highest BCUT2D eigenvalue weighted by molar-refractivity contribution is 7.89. The molecule has 4 rings (SSSR count). The number of carbonyl (C=O) groups excluding carboxylic acids is 1. The molecule has 1 aromatic rings. The minimum atomic E-state index is -3.57. The summed E-state index contributed by atoms with van der Waals surface area (Å²) >= 11 is 0. The van der Waals surface area contributed by atoms with Crippen LogP contribution < -0.4 is 5.32 Å². The van der Waals surface area contributed by atoms with E-state index in [1.807, 2.05) is 0 Å². The Bertz CT molecular complexity index is 848. The summed E-state index contributed by atoms with van der Waals surface area (Å²) in [5.41, 5.74) is 0.691. The topological polar surface area (TPSA) is 93.5 Å². The van der Waals surface area contributed by atoms with Gasteiger partial charge in [0.1, 0.15) is 0 Å². The van der Waals surface area contributed by atoms with Gasteiger partial charge in [-0.15, -0.1) is 0 Å². The zero-order valence-corrected chi connectivity index (χ0v) is 17.6. The molecule has 1 amide bonds. The number of amides is 1. The van der Waals surface area contributed by atoms with Crippen molar-refractivity contribution in [3.63, 3.8) is 0 Å². The normalized spacial score (nSPS) is 31.4. The second-order valence-corrected chi connectivity index (χ2v) is 10.5. The summed E-state index contributed by atoms with van der Waals surface area (Å²) in [5, 5.41) is 7.61. The number of methoxy groups -OCH3 is 1. The number of aromatic nitrogens is 2. The summed E-state index contributed by atoms with van der Waals surface area (Å²) in [5.74, 6) is 0.765. The molecule has 0 aromatic carbocycles. The Balaban J connectivity index is 1.47. The highest BCUT2D eigenvalue weighted by Gasteiger charge is 2.47. The van der Waals surface area contributed by atoms with Crippen LogP contribution in [-0.4, -0.2) is 60.8 Å². The average Bonchev–Trinajstić information content (AvgIpc) is 3.15. The molecule has 9 heteroatoms. The number of sulfonamides is 1. The Labute approximate surface area is 166 Å². The van der Waals surface area contributed by atoms with Crippen molar-refractivity contribution in [2.75, 3.05) is 20.2 Å². The molecule has 2 saturated carbocycles. The van der Waals surface area contributed by atoms with E-state index < -0.39 is 10.0 Å². The van der Waals surface area contributed by atoms with Crippen molar-refractivity contribution < 1.29 is 17.9 Å². The standard InChI is InChI=1S/C19H30N4O4S/c1-12-7-18(22(2)21-12)28(25,26)23-10-14-8-16(17(27-3)9-15(14)11-23)20-19(24)13-5-4-6-13/h7,13-17H,4-6,8-11H2,1-3H3,(H,20,24)/t14-,15+,16-,17-/m0/s1. The van der Waals surface area contributed by atoms with E-state index in [1.54, 1.807) is 31.5 Å². The van der Waals surface area contributed by atoms with Crippen LogP contribution in [0.5, 0.6) is 0 Å². The fourth-order valence-electron chi connectivity index (χ4n) is 4.91. The van der Waals surface area contributed by atoms with Crippen molar-refractivity contribution in [2.24, 2.45) is 24.8 Å². The lowest BCUT2D eigenvalue weighted by Crippen LogP contribution is -2.52. The fraction of sp³-hybridized carbons (Fsp3) is 0.789. The van der Waals surface area contributed by atoms with Crippen LogP contribution in [0.25, 0.3) is 0 Å². The zero-order valence-electron chi connectivity index (χ0n) is 16.8. The second-order valence-electron chi connectivity index (χ2n) is 8.58. The number of nitrogens with zero attached hydrogens (tertiary/aromatic N) is 3. The molecule has 0 radical (unpaired) electrons. The van der Waals surface area contributed by atoms with E-state index in [-0.39, 0.29) is 40.8 Å². The quantitative estimate of drug-likeness (QED) is 0.783. The van der Waals surface area contributed by atoms with Gasteiger partial charge in [0.2, 0.25) is 5.91 Å². The molecule has 28 heavy (non-hydrogen) atoms. The van der Waals surface area contributed by atoms with Gasteiger partial charge in [0.15, 0.2) is 5.03 Å². The van der Waals surface area contributed by atoms with Gasteiger partial charge in [0.25, 0.3) is 10.0 Å². The Morgan fingerprint density at radius 3 is 2.46 bits per heavy atom. The minimum Gasteiger partial charge on any atom is -0.379 e. The van der Waals surface area contributed by atoms with Crippen molar-refractivity contribution in [3.05, 3.63) is 11.8 Å². The number of aryl methyl sites for hydroxylation is 2. The lowest BCUT2D eigenvalue weighted by molar-refractivity contribution is -0.130. The number of hydrogen-bond donors (Lipinski definition) is 1. The van der Waals surface area contributed by atoms with E-state index in [0.717, 1.165) is 32.1 Å². The van der Waals surface area contributed by atoms with Gasteiger partial charge in [-0.2, -0.15) is 9.40 Å². The Hall–Kier alpha value is -1.45. The minimum absolute atomic E-state index is 0.0408. The first-order valence-corrected chi connectivity index (χ1v) is 11.6. The molecule has 4 atom stereocenters. The Kier molecular flexibility index (Phi) is 5.26. The van der Waals surface area contributed by atoms with Crippen LogP contribution in [0.2, 0.25) is 0 Å². The molecule has 3 aliphatic rings. The fourth-order valence-corrected chi connectivity index (χ4v) is 6.64. The highest BCUT2D eigenvalue weighted by atomic mass is 32.2. The molecule has 0 bridgehead atoms. The first kappa shape index (κ1) is 19.8.